The molecular formula is C14H16ClNO4. The maximum absolute atomic E-state index is 12.1. The molecule has 0 aromatic heterocycles. The molecule has 1 aromatic carbocycles. The van der Waals surface area contributed by atoms with Gasteiger partial charge in [0.15, 0.2) is 11.5 Å². The lowest BCUT2D eigenvalue weighted by Crippen LogP contribution is -2.25. The summed E-state index contributed by atoms with van der Waals surface area (Å²) in [5, 5.41) is 1.61. The van der Waals surface area contributed by atoms with Crippen LogP contribution in [-0.4, -0.2) is 37.6 Å². The highest BCUT2D eigenvalue weighted by molar-refractivity contribution is 6.31. The fraction of sp³-hybridized carbons (Fsp3) is 0.286. The lowest BCUT2D eigenvalue weighted by molar-refractivity contribution is -0.149. The Bertz CT molecular complexity index is 528. The Balaban J connectivity index is 3.06. The Morgan fingerprint density at radius 3 is 2.65 bits per heavy atom. The van der Waals surface area contributed by atoms with Gasteiger partial charge >= 0.3 is 5.97 Å². The average Bonchev–Trinajstić information content (AvgIpc) is 2.43. The summed E-state index contributed by atoms with van der Waals surface area (Å²) in [5.41, 5.74) is 0.392. The molecule has 0 saturated heterocycles. The quantitative estimate of drug-likeness (QED) is 0.349. The molecule has 0 aliphatic rings. The van der Waals surface area contributed by atoms with Gasteiger partial charge in [-0.25, -0.2) is 4.79 Å². The maximum Gasteiger partial charge on any atom is 0.357 e. The number of esters is 1. The van der Waals surface area contributed by atoms with Gasteiger partial charge in [0.05, 0.1) is 13.7 Å². The van der Waals surface area contributed by atoms with E-state index in [0.717, 1.165) is 6.08 Å². The van der Waals surface area contributed by atoms with Crippen molar-refractivity contribution < 1.29 is 19.2 Å². The zero-order valence-corrected chi connectivity index (χ0v) is 12.3. The number of carbonyl (C=O) groups is 2. The Morgan fingerprint density at radius 2 is 2.10 bits per heavy atom. The van der Waals surface area contributed by atoms with Crippen molar-refractivity contribution >= 4 is 23.4 Å². The van der Waals surface area contributed by atoms with Crippen molar-refractivity contribution in [3.63, 3.8) is 0 Å². The van der Waals surface area contributed by atoms with Crippen molar-refractivity contribution in [2.45, 2.75) is 6.92 Å². The third kappa shape index (κ3) is 4.36. The van der Waals surface area contributed by atoms with Crippen LogP contribution < -0.4 is 0 Å². The van der Waals surface area contributed by atoms with Crippen molar-refractivity contribution in [1.82, 2.24) is 5.06 Å². The molecule has 0 radical (unpaired) electrons. The van der Waals surface area contributed by atoms with E-state index in [0.29, 0.717) is 10.6 Å². The van der Waals surface area contributed by atoms with Crippen molar-refractivity contribution in [3.8, 4) is 0 Å². The minimum Gasteiger partial charge on any atom is -0.461 e. The van der Waals surface area contributed by atoms with E-state index in [1.807, 2.05) is 0 Å². The van der Waals surface area contributed by atoms with E-state index in [9.17, 15) is 9.59 Å². The van der Waals surface area contributed by atoms with E-state index >= 15 is 0 Å². The number of allylic oxidation sites excluding steroid dienone is 1. The second-order valence-corrected chi connectivity index (χ2v) is 4.24. The predicted octanol–water partition coefficient (Wildman–Crippen LogP) is 2.46. The van der Waals surface area contributed by atoms with E-state index in [1.54, 1.807) is 25.1 Å². The van der Waals surface area contributed by atoms with Crippen LogP contribution in [0, 0.1) is 0 Å². The molecule has 0 spiro atoms. The Morgan fingerprint density at radius 1 is 1.40 bits per heavy atom. The molecule has 5 nitrogen and oxygen atoms in total. The van der Waals surface area contributed by atoms with E-state index < -0.39 is 5.97 Å². The van der Waals surface area contributed by atoms with Gasteiger partial charge < -0.3 is 4.74 Å². The number of hydrogen-bond acceptors (Lipinski definition) is 5. The van der Waals surface area contributed by atoms with Gasteiger partial charge in [-0.15, -0.1) is 0 Å². The number of nitrogens with zero attached hydrogens (tertiary/aromatic N) is 1. The average molecular weight is 298 g/mol. The van der Waals surface area contributed by atoms with Crippen LogP contribution in [0.25, 0.3) is 0 Å². The zero-order chi connectivity index (χ0) is 15.1. The molecule has 0 unspecified atom stereocenters. The van der Waals surface area contributed by atoms with Gasteiger partial charge in [0, 0.05) is 23.7 Å². The predicted molar refractivity (Wildman–Crippen MR) is 75.3 cm³/mol. The number of ether oxygens (including phenoxy) is 1. The number of hydrogen-bond donors (Lipinski definition) is 0. The summed E-state index contributed by atoms with van der Waals surface area (Å²) in [5.74, 6) is -0.994. The zero-order valence-electron chi connectivity index (χ0n) is 11.6. The van der Waals surface area contributed by atoms with Crippen LogP contribution in [0.5, 0.6) is 0 Å². The van der Waals surface area contributed by atoms with Gasteiger partial charge in [-0.2, -0.15) is 0 Å². The molecule has 0 amide bonds. The van der Waals surface area contributed by atoms with Gasteiger partial charge in [0.25, 0.3) is 0 Å². The summed E-state index contributed by atoms with van der Waals surface area (Å²) in [7, 11) is 2.89. The monoisotopic (exact) mass is 297 g/mol. The molecule has 0 saturated carbocycles. The van der Waals surface area contributed by atoms with Crippen LogP contribution in [0.3, 0.4) is 0 Å². The van der Waals surface area contributed by atoms with Crippen molar-refractivity contribution in [1.29, 1.82) is 0 Å². The second-order valence-electron chi connectivity index (χ2n) is 3.80. The maximum atomic E-state index is 12.1. The normalized spacial score (nSPS) is 11.1. The highest BCUT2D eigenvalue weighted by atomic mass is 35.5. The minimum atomic E-state index is -0.632. The SMILES string of the molecule is CCOC(=O)C(=CC(=O)c1cccc(Cl)c1)N(C)OC. The summed E-state index contributed by atoms with van der Waals surface area (Å²) in [6, 6.07) is 6.46. The van der Waals surface area contributed by atoms with Crippen molar-refractivity contribution in [2.24, 2.45) is 0 Å². The Hall–Kier alpha value is -1.85. The molecule has 0 heterocycles. The lowest BCUT2D eigenvalue weighted by Gasteiger charge is -2.17. The molecule has 0 aliphatic carbocycles. The molecular weight excluding hydrogens is 282 g/mol. The molecule has 6 heteroatoms. The molecule has 1 rings (SSSR count). The third-order valence-electron chi connectivity index (χ3n) is 2.47. The van der Waals surface area contributed by atoms with E-state index in [2.05, 4.69) is 0 Å². The van der Waals surface area contributed by atoms with E-state index in [1.165, 1.54) is 25.3 Å². The summed E-state index contributed by atoms with van der Waals surface area (Å²) in [6.07, 6.45) is 1.16. The molecule has 0 bridgehead atoms. The fourth-order valence-electron chi connectivity index (χ4n) is 1.43. The van der Waals surface area contributed by atoms with Crippen molar-refractivity contribution in [2.75, 3.05) is 20.8 Å². The first-order chi connectivity index (χ1) is 9.49. The van der Waals surface area contributed by atoms with E-state index in [4.69, 9.17) is 21.2 Å². The van der Waals surface area contributed by atoms with Gasteiger partial charge in [-0.05, 0) is 19.1 Å². The van der Waals surface area contributed by atoms with Gasteiger partial charge in [-0.3, -0.25) is 14.7 Å². The fourth-order valence-corrected chi connectivity index (χ4v) is 1.62. The Kier molecular flexibility index (Phi) is 6.21. The first kappa shape index (κ1) is 16.2. The number of hydroxylamine groups is 2. The summed E-state index contributed by atoms with van der Waals surface area (Å²) >= 11 is 5.83. The smallest absolute Gasteiger partial charge is 0.357 e. The first-order valence-electron chi connectivity index (χ1n) is 5.96. The van der Waals surface area contributed by atoms with Crippen LogP contribution >= 0.6 is 11.6 Å². The molecule has 0 atom stereocenters. The number of rotatable bonds is 6. The van der Waals surface area contributed by atoms with E-state index in [-0.39, 0.29) is 18.1 Å². The minimum absolute atomic E-state index is 0.0133. The lowest BCUT2D eigenvalue weighted by atomic mass is 10.1. The number of ketones is 1. The summed E-state index contributed by atoms with van der Waals surface area (Å²) in [4.78, 5) is 28.8. The number of carbonyl (C=O) groups excluding carboxylic acids is 2. The van der Waals surface area contributed by atoms with Crippen molar-refractivity contribution in [3.05, 3.63) is 46.6 Å². The second kappa shape index (κ2) is 7.67. The molecule has 0 aliphatic heterocycles. The number of benzene rings is 1. The Labute approximate surface area is 122 Å². The van der Waals surface area contributed by atoms with Gasteiger partial charge in [0.2, 0.25) is 0 Å². The standard InChI is InChI=1S/C14H16ClNO4/c1-4-20-14(18)12(16(2)19-3)9-13(17)10-6-5-7-11(15)8-10/h5-9H,4H2,1-3H3. The molecule has 20 heavy (non-hydrogen) atoms. The van der Waals surface area contributed by atoms with Crippen LogP contribution in [0.1, 0.15) is 17.3 Å². The third-order valence-corrected chi connectivity index (χ3v) is 2.71. The van der Waals surface area contributed by atoms with Gasteiger partial charge in [0.1, 0.15) is 0 Å². The molecule has 108 valence electrons. The molecule has 0 fully saturated rings. The molecule has 1 aromatic rings. The highest BCUT2D eigenvalue weighted by Gasteiger charge is 2.18. The summed E-state index contributed by atoms with van der Waals surface area (Å²) < 4.78 is 4.88. The van der Waals surface area contributed by atoms with Crippen LogP contribution in [-0.2, 0) is 14.4 Å². The largest absolute Gasteiger partial charge is 0.461 e. The number of halogens is 1. The molecule has 0 N–H and O–H groups in total. The summed E-state index contributed by atoms with van der Waals surface area (Å²) in [6.45, 7) is 1.89. The number of likely N-dealkylation sites (N-methyl/N-ethyl adjacent to an activating group) is 1. The van der Waals surface area contributed by atoms with Crippen LogP contribution in [0.15, 0.2) is 36.0 Å². The van der Waals surface area contributed by atoms with Gasteiger partial charge in [-0.1, -0.05) is 23.7 Å². The first-order valence-corrected chi connectivity index (χ1v) is 6.34. The van der Waals surface area contributed by atoms with Crippen LogP contribution in [0.4, 0.5) is 0 Å². The highest BCUT2D eigenvalue weighted by Crippen LogP contribution is 2.13. The van der Waals surface area contributed by atoms with Crippen LogP contribution in [0.2, 0.25) is 5.02 Å². The topological polar surface area (TPSA) is 55.8 Å².